The SMILES string of the molecule is CC(=O)c1cccc(NC(=O)CN2CCC(N)C2)c1. The number of anilines is 1. The van der Waals surface area contributed by atoms with Gasteiger partial charge in [-0.2, -0.15) is 0 Å². The summed E-state index contributed by atoms with van der Waals surface area (Å²) >= 11 is 0. The molecule has 2 rings (SSSR count). The van der Waals surface area contributed by atoms with E-state index in [0.717, 1.165) is 19.5 Å². The molecule has 0 aromatic heterocycles. The van der Waals surface area contributed by atoms with Crippen LogP contribution in [0.3, 0.4) is 0 Å². The molecule has 1 aliphatic rings. The number of nitrogens with two attached hydrogens (primary N) is 1. The van der Waals surface area contributed by atoms with E-state index < -0.39 is 0 Å². The van der Waals surface area contributed by atoms with E-state index in [4.69, 9.17) is 5.73 Å². The molecule has 19 heavy (non-hydrogen) atoms. The van der Waals surface area contributed by atoms with Gasteiger partial charge < -0.3 is 11.1 Å². The Kier molecular flexibility index (Phi) is 4.29. The van der Waals surface area contributed by atoms with Gasteiger partial charge in [-0.05, 0) is 25.5 Å². The third kappa shape index (κ3) is 3.87. The number of carbonyl (C=O) groups is 2. The van der Waals surface area contributed by atoms with Crippen LogP contribution in [0.2, 0.25) is 0 Å². The fourth-order valence-electron chi connectivity index (χ4n) is 2.23. The first kappa shape index (κ1) is 13.7. The van der Waals surface area contributed by atoms with Gasteiger partial charge in [0.15, 0.2) is 5.78 Å². The van der Waals surface area contributed by atoms with Gasteiger partial charge in [0.05, 0.1) is 6.54 Å². The topological polar surface area (TPSA) is 75.4 Å². The van der Waals surface area contributed by atoms with Crippen LogP contribution in [-0.2, 0) is 4.79 Å². The number of amides is 1. The molecule has 0 saturated carbocycles. The van der Waals surface area contributed by atoms with Crippen LogP contribution in [0.4, 0.5) is 5.69 Å². The Bertz CT molecular complexity index is 487. The molecular formula is C14H19N3O2. The highest BCUT2D eigenvalue weighted by Gasteiger charge is 2.20. The van der Waals surface area contributed by atoms with E-state index in [1.54, 1.807) is 24.3 Å². The molecule has 1 aromatic rings. The van der Waals surface area contributed by atoms with Crippen molar-refractivity contribution in [3.63, 3.8) is 0 Å². The van der Waals surface area contributed by atoms with Crippen LogP contribution >= 0.6 is 0 Å². The number of hydrogen-bond donors (Lipinski definition) is 2. The Morgan fingerprint density at radius 3 is 2.89 bits per heavy atom. The van der Waals surface area contributed by atoms with E-state index >= 15 is 0 Å². The molecule has 3 N–H and O–H groups in total. The normalized spacial score (nSPS) is 19.4. The van der Waals surface area contributed by atoms with E-state index in [1.807, 2.05) is 4.90 Å². The summed E-state index contributed by atoms with van der Waals surface area (Å²) in [5.41, 5.74) is 7.05. The second-order valence-corrected chi connectivity index (χ2v) is 4.97. The van der Waals surface area contributed by atoms with Gasteiger partial charge in [-0.25, -0.2) is 0 Å². The number of hydrogen-bond acceptors (Lipinski definition) is 4. The van der Waals surface area contributed by atoms with Crippen LogP contribution in [-0.4, -0.2) is 42.3 Å². The Morgan fingerprint density at radius 2 is 2.26 bits per heavy atom. The smallest absolute Gasteiger partial charge is 0.238 e. The lowest BCUT2D eigenvalue weighted by molar-refractivity contribution is -0.117. The van der Waals surface area contributed by atoms with Gasteiger partial charge in [-0.15, -0.1) is 0 Å². The van der Waals surface area contributed by atoms with E-state index in [-0.39, 0.29) is 17.7 Å². The number of ketones is 1. The first-order chi connectivity index (χ1) is 9.04. The van der Waals surface area contributed by atoms with Gasteiger partial charge in [0.2, 0.25) is 5.91 Å². The van der Waals surface area contributed by atoms with Crippen LogP contribution < -0.4 is 11.1 Å². The number of likely N-dealkylation sites (tertiary alicyclic amines) is 1. The van der Waals surface area contributed by atoms with E-state index in [0.29, 0.717) is 17.8 Å². The first-order valence-electron chi connectivity index (χ1n) is 6.43. The zero-order valence-corrected chi connectivity index (χ0v) is 11.1. The summed E-state index contributed by atoms with van der Waals surface area (Å²) in [6.07, 6.45) is 0.938. The maximum Gasteiger partial charge on any atom is 0.238 e. The number of carbonyl (C=O) groups excluding carboxylic acids is 2. The molecule has 1 amide bonds. The average molecular weight is 261 g/mol. The van der Waals surface area contributed by atoms with E-state index in [1.165, 1.54) is 6.92 Å². The van der Waals surface area contributed by atoms with Crippen molar-refractivity contribution >= 4 is 17.4 Å². The Labute approximate surface area is 112 Å². The Balaban J connectivity index is 1.91. The molecule has 0 bridgehead atoms. The predicted molar refractivity (Wildman–Crippen MR) is 74.1 cm³/mol. The van der Waals surface area contributed by atoms with Gasteiger partial charge in [0.25, 0.3) is 0 Å². The second kappa shape index (κ2) is 5.95. The van der Waals surface area contributed by atoms with Crippen LogP contribution in [0.1, 0.15) is 23.7 Å². The second-order valence-electron chi connectivity index (χ2n) is 4.97. The van der Waals surface area contributed by atoms with Crippen LogP contribution in [0.25, 0.3) is 0 Å². The predicted octanol–water partition coefficient (Wildman–Crippen LogP) is 0.861. The van der Waals surface area contributed by atoms with Crippen molar-refractivity contribution in [1.29, 1.82) is 0 Å². The lowest BCUT2D eigenvalue weighted by atomic mass is 10.1. The molecule has 0 radical (unpaired) electrons. The summed E-state index contributed by atoms with van der Waals surface area (Å²) in [6, 6.07) is 7.14. The van der Waals surface area contributed by atoms with Crippen molar-refractivity contribution in [1.82, 2.24) is 4.90 Å². The molecule has 1 heterocycles. The van der Waals surface area contributed by atoms with E-state index in [2.05, 4.69) is 5.32 Å². The van der Waals surface area contributed by atoms with Gasteiger partial charge in [0.1, 0.15) is 0 Å². The molecule has 1 atom stereocenters. The highest BCUT2D eigenvalue weighted by molar-refractivity contribution is 5.97. The van der Waals surface area contributed by atoms with Gasteiger partial charge in [-0.1, -0.05) is 12.1 Å². The number of Topliss-reactive ketones (excluding diaryl/α,β-unsaturated/α-hetero) is 1. The summed E-state index contributed by atoms with van der Waals surface area (Å²) in [4.78, 5) is 25.2. The minimum absolute atomic E-state index is 0.0124. The van der Waals surface area contributed by atoms with E-state index in [9.17, 15) is 9.59 Å². The molecule has 5 heteroatoms. The molecular weight excluding hydrogens is 242 g/mol. The summed E-state index contributed by atoms with van der Waals surface area (Å²) < 4.78 is 0. The molecule has 1 saturated heterocycles. The largest absolute Gasteiger partial charge is 0.326 e. The zero-order valence-electron chi connectivity index (χ0n) is 11.1. The third-order valence-electron chi connectivity index (χ3n) is 3.23. The van der Waals surface area contributed by atoms with Crippen LogP contribution in [0, 0.1) is 0 Å². The van der Waals surface area contributed by atoms with Crippen molar-refractivity contribution in [2.75, 3.05) is 25.0 Å². The molecule has 1 unspecified atom stereocenters. The minimum Gasteiger partial charge on any atom is -0.326 e. The summed E-state index contributed by atoms with van der Waals surface area (Å²) in [7, 11) is 0. The van der Waals surface area contributed by atoms with Crippen molar-refractivity contribution in [2.45, 2.75) is 19.4 Å². The lowest BCUT2D eigenvalue weighted by Gasteiger charge is -2.14. The monoisotopic (exact) mass is 261 g/mol. The van der Waals surface area contributed by atoms with Gasteiger partial charge in [0, 0.05) is 30.4 Å². The highest BCUT2D eigenvalue weighted by Crippen LogP contribution is 2.12. The standard InChI is InChI=1S/C14H19N3O2/c1-10(18)11-3-2-4-13(7-11)16-14(19)9-17-6-5-12(15)8-17/h2-4,7,12H,5-6,8-9,15H2,1H3,(H,16,19). The summed E-state index contributed by atoms with van der Waals surface area (Å²) in [5.74, 6) is -0.0867. The third-order valence-corrected chi connectivity index (χ3v) is 3.23. The van der Waals surface area contributed by atoms with Crippen molar-refractivity contribution < 1.29 is 9.59 Å². The van der Waals surface area contributed by atoms with Gasteiger partial charge >= 0.3 is 0 Å². The lowest BCUT2D eigenvalue weighted by Crippen LogP contribution is -2.33. The van der Waals surface area contributed by atoms with Crippen molar-refractivity contribution in [3.8, 4) is 0 Å². The molecule has 1 aromatic carbocycles. The quantitative estimate of drug-likeness (QED) is 0.788. The minimum atomic E-state index is -0.0743. The molecule has 5 nitrogen and oxygen atoms in total. The Morgan fingerprint density at radius 1 is 1.47 bits per heavy atom. The summed E-state index contributed by atoms with van der Waals surface area (Å²) in [5, 5.41) is 2.81. The average Bonchev–Trinajstić information content (AvgIpc) is 2.74. The molecule has 0 aliphatic carbocycles. The number of rotatable bonds is 4. The maximum absolute atomic E-state index is 11.9. The summed E-state index contributed by atoms with van der Waals surface area (Å²) in [6.45, 7) is 3.48. The van der Waals surface area contributed by atoms with Crippen LogP contribution in [0.5, 0.6) is 0 Å². The molecule has 102 valence electrons. The zero-order chi connectivity index (χ0) is 13.8. The van der Waals surface area contributed by atoms with Crippen molar-refractivity contribution in [3.05, 3.63) is 29.8 Å². The number of nitrogens with one attached hydrogen (secondary N) is 1. The fourth-order valence-corrected chi connectivity index (χ4v) is 2.23. The van der Waals surface area contributed by atoms with Crippen LogP contribution in [0.15, 0.2) is 24.3 Å². The maximum atomic E-state index is 11.9. The van der Waals surface area contributed by atoms with Gasteiger partial charge in [-0.3, -0.25) is 14.5 Å². The first-order valence-corrected chi connectivity index (χ1v) is 6.43. The van der Waals surface area contributed by atoms with Crippen molar-refractivity contribution in [2.24, 2.45) is 5.73 Å². The molecule has 0 spiro atoms. The Hall–Kier alpha value is -1.72. The fraction of sp³-hybridized carbons (Fsp3) is 0.429. The molecule has 1 fully saturated rings. The number of nitrogens with zero attached hydrogens (tertiary/aromatic N) is 1. The highest BCUT2D eigenvalue weighted by atomic mass is 16.2. The number of benzene rings is 1. The molecule has 1 aliphatic heterocycles.